The quantitative estimate of drug-likeness (QED) is 0.718. The van der Waals surface area contributed by atoms with E-state index in [1.807, 2.05) is 13.8 Å². The molecule has 0 bridgehead atoms. The van der Waals surface area contributed by atoms with Crippen LogP contribution in [0.3, 0.4) is 0 Å². The van der Waals surface area contributed by atoms with Crippen molar-refractivity contribution in [3.05, 3.63) is 0 Å². The van der Waals surface area contributed by atoms with E-state index < -0.39 is 11.5 Å². The van der Waals surface area contributed by atoms with Crippen LogP contribution >= 0.6 is 0 Å². The van der Waals surface area contributed by atoms with Crippen molar-refractivity contribution in [1.29, 1.82) is 0 Å². The summed E-state index contributed by atoms with van der Waals surface area (Å²) in [5, 5.41) is 14.5. The highest BCUT2D eigenvalue weighted by atomic mass is 16.4. The van der Waals surface area contributed by atoms with Crippen LogP contribution in [0.5, 0.6) is 0 Å². The Morgan fingerprint density at radius 1 is 1.37 bits per heavy atom. The third-order valence-electron chi connectivity index (χ3n) is 3.72. The molecule has 0 aromatic heterocycles. The third-order valence-corrected chi connectivity index (χ3v) is 3.72. The van der Waals surface area contributed by atoms with Crippen molar-refractivity contribution >= 4 is 12.0 Å². The zero-order valence-corrected chi connectivity index (χ0v) is 12.4. The lowest BCUT2D eigenvalue weighted by molar-refractivity contribution is -0.137. The van der Waals surface area contributed by atoms with Gasteiger partial charge in [-0.05, 0) is 44.9 Å². The molecule has 0 aromatic carbocycles. The van der Waals surface area contributed by atoms with Gasteiger partial charge in [-0.3, -0.25) is 4.79 Å². The molecule has 1 saturated carbocycles. The van der Waals surface area contributed by atoms with Crippen LogP contribution in [-0.2, 0) is 4.79 Å². The standard InChI is InChI=1S/C14H26N2O3/c1-13(2)7-5-10(9-13)15-12(19)16-14(3,4)8-6-11(17)18/h10H,5-9H2,1-4H3,(H,17,18)(H2,15,16,19). The largest absolute Gasteiger partial charge is 0.481 e. The molecular weight excluding hydrogens is 244 g/mol. The summed E-state index contributed by atoms with van der Waals surface area (Å²) in [6, 6.07) is 0.0309. The molecule has 0 saturated heterocycles. The second-order valence-corrected chi connectivity index (χ2v) is 6.98. The summed E-state index contributed by atoms with van der Waals surface area (Å²) in [5.74, 6) is -0.840. The Balaban J connectivity index is 2.36. The number of carboxylic acids is 1. The first-order valence-corrected chi connectivity index (χ1v) is 6.90. The predicted molar refractivity (Wildman–Crippen MR) is 74.0 cm³/mol. The summed E-state index contributed by atoms with van der Waals surface area (Å²) in [4.78, 5) is 22.5. The van der Waals surface area contributed by atoms with Gasteiger partial charge in [0.05, 0.1) is 0 Å². The Morgan fingerprint density at radius 2 is 2.00 bits per heavy atom. The maximum atomic E-state index is 11.9. The Hall–Kier alpha value is -1.26. The van der Waals surface area contributed by atoms with Crippen molar-refractivity contribution in [2.24, 2.45) is 5.41 Å². The van der Waals surface area contributed by atoms with E-state index in [9.17, 15) is 9.59 Å². The fourth-order valence-electron chi connectivity index (χ4n) is 2.57. The van der Waals surface area contributed by atoms with E-state index in [1.165, 1.54) is 0 Å². The Kier molecular flexibility index (Phi) is 4.82. The summed E-state index contributed by atoms with van der Waals surface area (Å²) < 4.78 is 0. The predicted octanol–water partition coefficient (Wildman–Crippen LogP) is 2.51. The summed E-state index contributed by atoms with van der Waals surface area (Å²) in [6.45, 7) is 8.11. The number of carboxylic acid groups (broad SMARTS) is 1. The Bertz CT molecular complexity index is 351. The first-order chi connectivity index (χ1) is 8.60. The monoisotopic (exact) mass is 270 g/mol. The molecule has 1 aliphatic carbocycles. The van der Waals surface area contributed by atoms with Gasteiger partial charge in [-0.1, -0.05) is 13.8 Å². The number of nitrogens with one attached hydrogen (secondary N) is 2. The highest BCUT2D eigenvalue weighted by Crippen LogP contribution is 2.36. The SMILES string of the molecule is CC1(C)CCC(NC(=O)NC(C)(C)CCC(=O)O)C1. The first-order valence-electron chi connectivity index (χ1n) is 6.90. The van der Waals surface area contributed by atoms with E-state index in [1.54, 1.807) is 0 Å². The highest BCUT2D eigenvalue weighted by molar-refractivity contribution is 5.75. The van der Waals surface area contributed by atoms with E-state index >= 15 is 0 Å². The van der Waals surface area contributed by atoms with E-state index in [2.05, 4.69) is 24.5 Å². The second-order valence-electron chi connectivity index (χ2n) is 6.98. The zero-order valence-electron chi connectivity index (χ0n) is 12.4. The Morgan fingerprint density at radius 3 is 2.47 bits per heavy atom. The number of urea groups is 1. The van der Waals surface area contributed by atoms with Gasteiger partial charge in [-0.25, -0.2) is 4.79 Å². The molecule has 1 atom stereocenters. The molecule has 19 heavy (non-hydrogen) atoms. The minimum Gasteiger partial charge on any atom is -0.481 e. The van der Waals surface area contributed by atoms with Gasteiger partial charge >= 0.3 is 12.0 Å². The molecule has 1 rings (SSSR count). The van der Waals surface area contributed by atoms with E-state index in [0.717, 1.165) is 19.3 Å². The molecule has 5 heteroatoms. The molecule has 1 aliphatic rings. The van der Waals surface area contributed by atoms with Crippen LogP contribution < -0.4 is 10.6 Å². The minimum atomic E-state index is -0.840. The smallest absolute Gasteiger partial charge is 0.315 e. The van der Waals surface area contributed by atoms with E-state index in [-0.39, 0.29) is 18.5 Å². The number of aliphatic carboxylic acids is 1. The van der Waals surface area contributed by atoms with Gasteiger partial charge in [0.1, 0.15) is 0 Å². The lowest BCUT2D eigenvalue weighted by Crippen LogP contribution is -2.50. The molecule has 0 aromatic rings. The van der Waals surface area contributed by atoms with Gasteiger partial charge in [0.15, 0.2) is 0 Å². The van der Waals surface area contributed by atoms with Crippen molar-refractivity contribution in [2.75, 3.05) is 0 Å². The summed E-state index contributed by atoms with van der Waals surface area (Å²) in [6.07, 6.45) is 3.61. The molecule has 5 nitrogen and oxygen atoms in total. The fraction of sp³-hybridized carbons (Fsp3) is 0.857. The number of carbonyl (C=O) groups is 2. The Labute approximate surface area is 115 Å². The number of hydrogen-bond acceptors (Lipinski definition) is 2. The van der Waals surface area contributed by atoms with Crippen LogP contribution in [0.4, 0.5) is 4.79 Å². The number of hydrogen-bond donors (Lipinski definition) is 3. The van der Waals surface area contributed by atoms with Crippen molar-refractivity contribution < 1.29 is 14.7 Å². The molecule has 0 heterocycles. The lowest BCUT2D eigenvalue weighted by atomic mass is 9.92. The van der Waals surface area contributed by atoms with Crippen LogP contribution in [0.1, 0.15) is 59.8 Å². The molecule has 0 radical (unpaired) electrons. The topological polar surface area (TPSA) is 78.4 Å². The van der Waals surface area contributed by atoms with Crippen LogP contribution in [0.25, 0.3) is 0 Å². The van der Waals surface area contributed by atoms with Crippen molar-refractivity contribution in [3.8, 4) is 0 Å². The number of amides is 2. The van der Waals surface area contributed by atoms with Gasteiger partial charge in [-0.15, -0.1) is 0 Å². The zero-order chi connectivity index (χ0) is 14.7. The van der Waals surface area contributed by atoms with Crippen LogP contribution in [0.2, 0.25) is 0 Å². The number of rotatable bonds is 5. The first kappa shape index (κ1) is 15.8. The lowest BCUT2D eigenvalue weighted by Gasteiger charge is -2.27. The highest BCUT2D eigenvalue weighted by Gasteiger charge is 2.32. The normalized spacial score (nSPS) is 22.0. The second kappa shape index (κ2) is 5.80. The summed E-state index contributed by atoms with van der Waals surface area (Å²) >= 11 is 0. The van der Waals surface area contributed by atoms with E-state index in [0.29, 0.717) is 11.8 Å². The maximum Gasteiger partial charge on any atom is 0.315 e. The van der Waals surface area contributed by atoms with Gasteiger partial charge in [-0.2, -0.15) is 0 Å². The van der Waals surface area contributed by atoms with Crippen LogP contribution in [-0.4, -0.2) is 28.7 Å². The average Bonchev–Trinajstić information content (AvgIpc) is 2.54. The molecule has 1 unspecified atom stereocenters. The van der Waals surface area contributed by atoms with Gasteiger partial charge in [0.2, 0.25) is 0 Å². The minimum absolute atomic E-state index is 0.0593. The third kappa shape index (κ3) is 5.94. The maximum absolute atomic E-state index is 11.9. The molecule has 1 fully saturated rings. The molecule has 0 aliphatic heterocycles. The molecular formula is C14H26N2O3. The van der Waals surface area contributed by atoms with Gasteiger partial charge in [0, 0.05) is 18.0 Å². The van der Waals surface area contributed by atoms with Crippen LogP contribution in [0, 0.1) is 5.41 Å². The summed E-state index contributed by atoms with van der Waals surface area (Å²) in [7, 11) is 0. The number of carbonyl (C=O) groups excluding carboxylic acids is 1. The van der Waals surface area contributed by atoms with Gasteiger partial charge in [0.25, 0.3) is 0 Å². The van der Waals surface area contributed by atoms with Crippen molar-refractivity contribution in [1.82, 2.24) is 10.6 Å². The molecule has 110 valence electrons. The molecule has 0 spiro atoms. The molecule has 3 N–H and O–H groups in total. The van der Waals surface area contributed by atoms with Gasteiger partial charge < -0.3 is 15.7 Å². The van der Waals surface area contributed by atoms with Crippen molar-refractivity contribution in [3.63, 3.8) is 0 Å². The average molecular weight is 270 g/mol. The summed E-state index contributed by atoms with van der Waals surface area (Å²) in [5.41, 5.74) is -0.201. The van der Waals surface area contributed by atoms with E-state index in [4.69, 9.17) is 5.11 Å². The fourth-order valence-corrected chi connectivity index (χ4v) is 2.57. The van der Waals surface area contributed by atoms with Crippen molar-refractivity contribution in [2.45, 2.75) is 71.4 Å². The molecule has 2 amide bonds. The van der Waals surface area contributed by atoms with Crippen LogP contribution in [0.15, 0.2) is 0 Å².